The number of azide groups is 1. The van der Waals surface area contributed by atoms with E-state index < -0.39 is 75.1 Å². The number of phosphoric ester groups is 1. The molecule has 2 fully saturated rings. The molecule has 0 amide bonds. The van der Waals surface area contributed by atoms with Crippen molar-refractivity contribution >= 4 is 7.82 Å². The summed E-state index contributed by atoms with van der Waals surface area (Å²) >= 11 is 0. The van der Waals surface area contributed by atoms with Gasteiger partial charge in [0.15, 0.2) is 6.29 Å². The van der Waals surface area contributed by atoms with E-state index in [1.165, 1.54) is 0 Å². The van der Waals surface area contributed by atoms with E-state index in [0.29, 0.717) is 6.42 Å². The standard InChI is InChI=1S/C69H80N3O13P/c1-2-3-4-5-6-28-43-82-86(73,74)85-68-66(81-50-58-41-26-13-27-42-58)64(79-48-56-37-22-11-23-38-56)63(78-47-55-35-20-10-21-36-55)65(80-49-57-39-24-12-25-40-57)67(68)84-69-60(71-72-70)62(77-46-54-33-18-9-19-34-54)61(76-45-53-31-16-8-17-32-53)59(83-69)51-75-44-52-29-14-7-15-30-52/h7-27,29-42,59-69H,2-6,28,43-51H2,1H3,(H,73,74)/t59-,60-,61-,62-,63-,64-,65+,66-,67-,68-,69-/m1/s1. The molecule has 2 aliphatic rings. The first-order valence-corrected chi connectivity index (χ1v) is 31.4. The van der Waals surface area contributed by atoms with Gasteiger partial charge < -0.3 is 47.5 Å². The van der Waals surface area contributed by atoms with Crippen molar-refractivity contribution in [3.05, 3.63) is 262 Å². The molecule has 7 aromatic carbocycles. The molecule has 0 bridgehead atoms. The van der Waals surface area contributed by atoms with Crippen LogP contribution in [-0.4, -0.2) is 85.4 Å². The highest BCUT2D eigenvalue weighted by Gasteiger charge is 2.59. The van der Waals surface area contributed by atoms with Gasteiger partial charge in [0, 0.05) is 4.91 Å². The number of benzene rings is 7. The quantitative estimate of drug-likeness (QED) is 0.0130. The molecule has 0 spiro atoms. The minimum atomic E-state index is -5.02. The molecule has 1 heterocycles. The van der Waals surface area contributed by atoms with Crippen molar-refractivity contribution in [3.63, 3.8) is 0 Å². The van der Waals surface area contributed by atoms with Gasteiger partial charge in [-0.25, -0.2) is 4.57 Å². The van der Waals surface area contributed by atoms with E-state index in [1.54, 1.807) is 0 Å². The Morgan fingerprint density at radius 2 is 0.779 bits per heavy atom. The molecule has 1 saturated heterocycles. The van der Waals surface area contributed by atoms with Crippen LogP contribution in [0.3, 0.4) is 0 Å². The zero-order chi connectivity index (χ0) is 59.4. The molecule has 9 rings (SSSR count). The lowest BCUT2D eigenvalue weighted by Gasteiger charge is -2.52. The lowest BCUT2D eigenvalue weighted by molar-refractivity contribution is -0.337. The minimum Gasteiger partial charge on any atom is -0.374 e. The van der Waals surface area contributed by atoms with Gasteiger partial charge in [-0.15, -0.1) is 0 Å². The Balaban J connectivity index is 1.18. The van der Waals surface area contributed by atoms with E-state index in [0.717, 1.165) is 71.0 Å². The van der Waals surface area contributed by atoms with Crippen molar-refractivity contribution in [1.82, 2.24) is 0 Å². The summed E-state index contributed by atoms with van der Waals surface area (Å²) in [5, 5.41) is 4.44. The molecule has 16 nitrogen and oxygen atoms in total. The largest absolute Gasteiger partial charge is 0.472 e. The van der Waals surface area contributed by atoms with Crippen molar-refractivity contribution in [3.8, 4) is 0 Å². The Labute approximate surface area is 505 Å². The molecular weight excluding hydrogens is 1110 g/mol. The van der Waals surface area contributed by atoms with Crippen LogP contribution in [0.1, 0.15) is 84.4 Å². The first kappa shape index (κ1) is 64.1. The van der Waals surface area contributed by atoms with Crippen LogP contribution >= 0.6 is 7.82 Å². The van der Waals surface area contributed by atoms with Gasteiger partial charge in [0.05, 0.1) is 59.5 Å². The number of unbranched alkanes of at least 4 members (excludes halogenated alkanes) is 5. The van der Waals surface area contributed by atoms with Crippen LogP contribution in [0.25, 0.3) is 10.4 Å². The number of hydrogen-bond donors (Lipinski definition) is 1. The minimum absolute atomic E-state index is 0.0104. The van der Waals surface area contributed by atoms with Crippen LogP contribution in [-0.2, 0) is 102 Å². The predicted octanol–water partition coefficient (Wildman–Crippen LogP) is 14.4. The van der Waals surface area contributed by atoms with Crippen molar-refractivity contribution in [2.24, 2.45) is 5.11 Å². The summed E-state index contributed by atoms with van der Waals surface area (Å²) in [5.41, 5.74) is 16.7. The summed E-state index contributed by atoms with van der Waals surface area (Å²) in [6.07, 6.45) is -6.50. The summed E-state index contributed by atoms with van der Waals surface area (Å²) < 4.78 is 90.8. The maximum atomic E-state index is 14.9. The summed E-state index contributed by atoms with van der Waals surface area (Å²) in [4.78, 5) is 15.6. The van der Waals surface area contributed by atoms with Gasteiger partial charge in [-0.3, -0.25) is 9.05 Å². The highest BCUT2D eigenvalue weighted by molar-refractivity contribution is 7.47. The summed E-state index contributed by atoms with van der Waals surface area (Å²) in [5.74, 6) is 0. The Morgan fingerprint density at radius 1 is 0.442 bits per heavy atom. The molecule has 1 aliphatic heterocycles. The maximum absolute atomic E-state index is 14.9. The average Bonchev–Trinajstić information content (AvgIpc) is 1.46. The highest BCUT2D eigenvalue weighted by Crippen LogP contribution is 2.50. The van der Waals surface area contributed by atoms with Crippen LogP contribution in [0.2, 0.25) is 0 Å². The van der Waals surface area contributed by atoms with Crippen molar-refractivity contribution in [2.45, 2.75) is 159 Å². The zero-order valence-corrected chi connectivity index (χ0v) is 49.7. The molecule has 7 aromatic rings. The van der Waals surface area contributed by atoms with Crippen molar-refractivity contribution in [2.75, 3.05) is 13.2 Å². The van der Waals surface area contributed by atoms with E-state index in [1.807, 2.05) is 212 Å². The second-order valence-electron chi connectivity index (χ2n) is 21.5. The third-order valence-electron chi connectivity index (χ3n) is 15.1. The first-order chi connectivity index (χ1) is 42.3. The summed E-state index contributed by atoms with van der Waals surface area (Å²) in [7, 11) is -5.02. The zero-order valence-electron chi connectivity index (χ0n) is 48.8. The fourth-order valence-corrected chi connectivity index (χ4v) is 11.7. The number of phosphoric acid groups is 1. The highest BCUT2D eigenvalue weighted by atomic mass is 31.2. The number of rotatable bonds is 35. The Kier molecular flexibility index (Phi) is 25.9. The molecule has 12 atom stereocenters. The van der Waals surface area contributed by atoms with Crippen LogP contribution in [0.15, 0.2) is 217 Å². The molecular formula is C69H80N3O13P. The van der Waals surface area contributed by atoms with E-state index in [2.05, 4.69) is 16.9 Å². The molecule has 1 unspecified atom stereocenters. The fourth-order valence-electron chi connectivity index (χ4n) is 10.7. The third-order valence-corrected chi connectivity index (χ3v) is 16.2. The van der Waals surface area contributed by atoms with E-state index in [9.17, 15) is 15.0 Å². The molecule has 0 radical (unpaired) electrons. The molecule has 1 aliphatic carbocycles. The maximum Gasteiger partial charge on any atom is 0.472 e. The molecule has 17 heteroatoms. The smallest absolute Gasteiger partial charge is 0.374 e. The number of hydrogen-bond acceptors (Lipinski definition) is 13. The lowest BCUT2D eigenvalue weighted by atomic mass is 9.83. The lowest BCUT2D eigenvalue weighted by Crippen LogP contribution is -2.69. The molecule has 1 N–H and O–H groups in total. The van der Waals surface area contributed by atoms with Crippen molar-refractivity contribution < 1.29 is 61.1 Å². The van der Waals surface area contributed by atoms with Gasteiger partial charge in [-0.2, -0.15) is 0 Å². The topological polar surface area (TPSA) is 188 Å². The third kappa shape index (κ3) is 19.8. The first-order valence-electron chi connectivity index (χ1n) is 29.9. The van der Waals surface area contributed by atoms with E-state index in [-0.39, 0.29) is 59.5 Å². The van der Waals surface area contributed by atoms with Crippen LogP contribution in [0.4, 0.5) is 0 Å². The van der Waals surface area contributed by atoms with Gasteiger partial charge in [0.2, 0.25) is 0 Å². The Hall–Kier alpha value is -6.40. The van der Waals surface area contributed by atoms with Crippen LogP contribution in [0, 0.1) is 0 Å². The van der Waals surface area contributed by atoms with Crippen molar-refractivity contribution in [1.29, 1.82) is 0 Å². The molecule has 1 saturated carbocycles. The van der Waals surface area contributed by atoms with E-state index in [4.69, 9.17) is 51.7 Å². The Morgan fingerprint density at radius 3 is 1.17 bits per heavy atom. The van der Waals surface area contributed by atoms with Gasteiger partial charge in [-0.1, -0.05) is 256 Å². The molecule has 454 valence electrons. The van der Waals surface area contributed by atoms with Gasteiger partial charge in [0.25, 0.3) is 0 Å². The second kappa shape index (κ2) is 34.8. The van der Waals surface area contributed by atoms with Crippen LogP contribution < -0.4 is 0 Å². The van der Waals surface area contributed by atoms with Crippen LogP contribution in [0.5, 0.6) is 0 Å². The average molecular weight is 1190 g/mol. The fraction of sp³-hybridized carbons (Fsp3) is 0.391. The monoisotopic (exact) mass is 1190 g/mol. The SMILES string of the molecule is CCCCCCCCOP(=O)(O)O[C@@H]1[C@H](OCc2ccccc2)[C@H](OCc2ccccc2)[C@@H](OCc2ccccc2)[C@H](OCc2ccccc2)[C@H]1O[C@H]1O[C@H](COCc2ccccc2)[C@@H](OCc2ccccc2)[C@H](OCc2ccccc2)[C@H]1N=[N+]=[N-]. The normalized spacial score (nSPS) is 23.7. The predicted molar refractivity (Wildman–Crippen MR) is 327 cm³/mol. The van der Waals surface area contributed by atoms with Gasteiger partial charge in [0.1, 0.15) is 61.0 Å². The second-order valence-corrected chi connectivity index (χ2v) is 23.0. The summed E-state index contributed by atoms with van der Waals surface area (Å²) in [6.45, 7) is 2.74. The molecule has 86 heavy (non-hydrogen) atoms. The summed E-state index contributed by atoms with van der Waals surface area (Å²) in [6, 6.07) is 66.4. The Bertz CT molecular complexity index is 3070. The number of nitrogens with zero attached hydrogens (tertiary/aromatic N) is 3. The van der Waals surface area contributed by atoms with Gasteiger partial charge >= 0.3 is 7.82 Å². The van der Waals surface area contributed by atoms with Gasteiger partial charge in [-0.05, 0) is 50.9 Å². The molecule has 0 aromatic heterocycles. The number of ether oxygens (including phenoxy) is 9. The van der Waals surface area contributed by atoms with E-state index >= 15 is 0 Å².